The van der Waals surface area contributed by atoms with Gasteiger partial charge < -0.3 is 4.74 Å². The van der Waals surface area contributed by atoms with Gasteiger partial charge in [-0.2, -0.15) is 0 Å². The van der Waals surface area contributed by atoms with Gasteiger partial charge in [0.2, 0.25) is 0 Å². The van der Waals surface area contributed by atoms with Crippen molar-refractivity contribution in [3.8, 4) is 0 Å². The van der Waals surface area contributed by atoms with Crippen LogP contribution in [0.3, 0.4) is 0 Å². The summed E-state index contributed by atoms with van der Waals surface area (Å²) in [6.45, 7) is 1.41. The summed E-state index contributed by atoms with van der Waals surface area (Å²) in [5, 5.41) is 9.97. The predicted octanol–water partition coefficient (Wildman–Crippen LogP) is 4.10. The Morgan fingerprint density at radius 3 is 2.60 bits per heavy atom. The summed E-state index contributed by atoms with van der Waals surface area (Å²) >= 11 is 12.4. The Morgan fingerprint density at radius 2 is 1.92 bits per heavy atom. The van der Waals surface area contributed by atoms with Gasteiger partial charge in [0.15, 0.2) is 0 Å². The molecule has 2 fully saturated rings. The van der Waals surface area contributed by atoms with Gasteiger partial charge in [-0.3, -0.25) is 4.90 Å². The van der Waals surface area contributed by atoms with E-state index in [-0.39, 0.29) is 0 Å². The molecule has 2 saturated heterocycles. The number of fused-ring (bicyclic) bond motifs is 2. The lowest BCUT2D eigenvalue weighted by molar-refractivity contribution is 0.0944. The lowest BCUT2D eigenvalue weighted by Crippen LogP contribution is -2.43. The minimum Gasteiger partial charge on any atom is -0.378 e. The first-order valence-electron chi connectivity index (χ1n) is 8.73. The number of methoxy groups -OCH3 is 1. The SMILES string of the molecule is COCc1cn(C2CC3CCC(C2)N3Cc2ccc(Cl)cc2Cl)nn1. The Kier molecular flexibility index (Phi) is 5.00. The second-order valence-corrected chi connectivity index (χ2v) is 7.88. The normalized spacial score (nSPS) is 26.3. The standard InChI is InChI=1S/C18H22Cl2N4O/c1-25-11-14-10-24(22-21-14)17-7-15-4-5-16(8-17)23(15)9-12-2-3-13(19)6-18(12)20/h2-3,6,10,15-17H,4-5,7-9,11H2,1H3. The van der Waals surface area contributed by atoms with Crippen molar-refractivity contribution >= 4 is 23.2 Å². The fourth-order valence-electron chi connectivity index (χ4n) is 4.27. The van der Waals surface area contributed by atoms with E-state index in [1.807, 2.05) is 29.1 Å². The van der Waals surface area contributed by atoms with Crippen LogP contribution in [0.1, 0.15) is 43.0 Å². The van der Waals surface area contributed by atoms with E-state index >= 15 is 0 Å². The molecule has 2 unspecified atom stereocenters. The summed E-state index contributed by atoms with van der Waals surface area (Å²) < 4.78 is 7.17. The number of aromatic nitrogens is 3. The van der Waals surface area contributed by atoms with Gasteiger partial charge in [0.25, 0.3) is 0 Å². The Labute approximate surface area is 157 Å². The molecule has 1 aromatic carbocycles. The van der Waals surface area contributed by atoms with E-state index in [1.165, 1.54) is 12.8 Å². The maximum Gasteiger partial charge on any atom is 0.108 e. The minimum atomic E-state index is 0.424. The van der Waals surface area contributed by atoms with Crippen LogP contribution in [-0.2, 0) is 17.9 Å². The van der Waals surface area contributed by atoms with Crippen LogP contribution in [0.5, 0.6) is 0 Å². The fraction of sp³-hybridized carbons (Fsp3) is 0.556. The number of hydrogen-bond acceptors (Lipinski definition) is 4. The summed E-state index contributed by atoms with van der Waals surface area (Å²) in [5.74, 6) is 0. The molecule has 4 rings (SSSR count). The van der Waals surface area contributed by atoms with Crippen molar-refractivity contribution in [1.82, 2.24) is 19.9 Å². The van der Waals surface area contributed by atoms with Crippen LogP contribution in [-0.4, -0.2) is 39.1 Å². The average molecular weight is 381 g/mol. The molecule has 2 bridgehead atoms. The van der Waals surface area contributed by atoms with Crippen LogP contribution in [0.15, 0.2) is 24.4 Å². The highest BCUT2D eigenvalue weighted by Gasteiger charge is 2.41. The second-order valence-electron chi connectivity index (χ2n) is 7.04. The Bertz CT molecular complexity index is 736. The van der Waals surface area contributed by atoms with Crippen molar-refractivity contribution in [2.75, 3.05) is 7.11 Å². The summed E-state index contributed by atoms with van der Waals surface area (Å²) in [5.41, 5.74) is 2.05. The maximum absolute atomic E-state index is 6.38. The van der Waals surface area contributed by atoms with Crippen LogP contribution < -0.4 is 0 Å². The quantitative estimate of drug-likeness (QED) is 0.782. The summed E-state index contributed by atoms with van der Waals surface area (Å²) in [4.78, 5) is 2.61. The average Bonchev–Trinajstić information content (AvgIpc) is 3.13. The number of nitrogens with zero attached hydrogens (tertiary/aromatic N) is 4. The van der Waals surface area contributed by atoms with Gasteiger partial charge in [0.1, 0.15) is 5.69 Å². The molecule has 2 atom stereocenters. The van der Waals surface area contributed by atoms with Crippen LogP contribution in [0.25, 0.3) is 0 Å². The summed E-state index contributed by atoms with van der Waals surface area (Å²) in [6.07, 6.45) is 6.73. The second kappa shape index (κ2) is 7.23. The highest BCUT2D eigenvalue weighted by Crippen LogP contribution is 2.42. The molecular formula is C18H22Cl2N4O. The molecule has 0 amide bonds. The molecule has 2 aliphatic heterocycles. The van der Waals surface area contributed by atoms with Crippen molar-refractivity contribution < 1.29 is 4.74 Å². The number of benzene rings is 1. The van der Waals surface area contributed by atoms with Gasteiger partial charge in [-0.15, -0.1) is 5.10 Å². The monoisotopic (exact) mass is 380 g/mol. The molecule has 2 aromatic rings. The first-order chi connectivity index (χ1) is 12.1. The van der Waals surface area contributed by atoms with Gasteiger partial charge in [-0.25, -0.2) is 4.68 Å². The molecular weight excluding hydrogens is 359 g/mol. The molecule has 7 heteroatoms. The molecule has 0 N–H and O–H groups in total. The highest BCUT2D eigenvalue weighted by molar-refractivity contribution is 6.35. The first-order valence-corrected chi connectivity index (χ1v) is 9.49. The van der Waals surface area contributed by atoms with Gasteiger partial charge in [0.05, 0.1) is 18.8 Å². The lowest BCUT2D eigenvalue weighted by atomic mass is 9.96. The van der Waals surface area contributed by atoms with Crippen LogP contribution >= 0.6 is 23.2 Å². The summed E-state index contributed by atoms with van der Waals surface area (Å²) in [6, 6.07) is 7.37. The molecule has 5 nitrogen and oxygen atoms in total. The van der Waals surface area contributed by atoms with Gasteiger partial charge in [0, 0.05) is 35.8 Å². The molecule has 2 aliphatic rings. The van der Waals surface area contributed by atoms with Crippen molar-refractivity contribution in [1.29, 1.82) is 0 Å². The zero-order valence-electron chi connectivity index (χ0n) is 14.2. The van der Waals surface area contributed by atoms with Gasteiger partial charge >= 0.3 is 0 Å². The molecule has 0 spiro atoms. The molecule has 0 saturated carbocycles. The zero-order valence-corrected chi connectivity index (χ0v) is 15.7. The smallest absolute Gasteiger partial charge is 0.108 e. The fourth-order valence-corrected chi connectivity index (χ4v) is 4.74. The van der Waals surface area contributed by atoms with E-state index < -0.39 is 0 Å². The largest absolute Gasteiger partial charge is 0.378 e. The first kappa shape index (κ1) is 17.3. The van der Waals surface area contributed by atoms with Crippen LogP contribution in [0.2, 0.25) is 10.0 Å². The number of halogens is 2. The number of ether oxygens (including phenoxy) is 1. The molecule has 1 aromatic heterocycles. The summed E-state index contributed by atoms with van der Waals surface area (Å²) in [7, 11) is 1.68. The van der Waals surface area contributed by atoms with Gasteiger partial charge in [-0.05, 0) is 43.4 Å². The van der Waals surface area contributed by atoms with E-state index in [9.17, 15) is 0 Å². The van der Waals surface area contributed by atoms with Crippen molar-refractivity contribution in [3.05, 3.63) is 45.7 Å². The highest BCUT2D eigenvalue weighted by atomic mass is 35.5. The third kappa shape index (κ3) is 3.56. The Morgan fingerprint density at radius 1 is 1.16 bits per heavy atom. The topological polar surface area (TPSA) is 43.2 Å². The Balaban J connectivity index is 1.46. The number of hydrogen-bond donors (Lipinski definition) is 0. The van der Waals surface area contributed by atoms with Crippen molar-refractivity contribution in [2.24, 2.45) is 0 Å². The molecule has 25 heavy (non-hydrogen) atoms. The zero-order chi connectivity index (χ0) is 17.4. The molecule has 0 aliphatic carbocycles. The van der Waals surface area contributed by atoms with E-state index in [1.54, 1.807) is 7.11 Å². The third-order valence-electron chi connectivity index (χ3n) is 5.45. The van der Waals surface area contributed by atoms with E-state index in [0.29, 0.717) is 29.8 Å². The number of rotatable bonds is 5. The maximum atomic E-state index is 6.38. The van der Waals surface area contributed by atoms with Crippen LogP contribution in [0, 0.1) is 0 Å². The van der Waals surface area contributed by atoms with Gasteiger partial charge in [-0.1, -0.05) is 34.5 Å². The van der Waals surface area contributed by atoms with E-state index in [2.05, 4.69) is 15.2 Å². The van der Waals surface area contributed by atoms with Crippen molar-refractivity contribution in [3.63, 3.8) is 0 Å². The van der Waals surface area contributed by atoms with Crippen LogP contribution in [0.4, 0.5) is 0 Å². The number of piperidine rings is 1. The lowest BCUT2D eigenvalue weighted by Gasteiger charge is -2.39. The third-order valence-corrected chi connectivity index (χ3v) is 6.04. The molecule has 3 heterocycles. The van der Waals surface area contributed by atoms with Crippen molar-refractivity contribution in [2.45, 2.75) is 57.0 Å². The predicted molar refractivity (Wildman–Crippen MR) is 97.8 cm³/mol. The van der Waals surface area contributed by atoms with E-state index in [4.69, 9.17) is 27.9 Å². The van der Waals surface area contributed by atoms with E-state index in [0.717, 1.165) is 35.7 Å². The Hall–Kier alpha value is -1.14. The molecule has 0 radical (unpaired) electrons. The minimum absolute atomic E-state index is 0.424. The molecule has 134 valence electrons.